The van der Waals surface area contributed by atoms with Crippen LogP contribution < -0.4 is 15.8 Å². The predicted molar refractivity (Wildman–Crippen MR) is 128 cm³/mol. The molecule has 1 aromatic carbocycles. The number of aliphatic imine (C=N–C) groups is 1. The summed E-state index contributed by atoms with van der Waals surface area (Å²) in [6.07, 6.45) is 5.73. The monoisotopic (exact) mass is 508 g/mol. The number of nitrogens with zero attached hydrogens (tertiary/aromatic N) is 5. The Bertz CT molecular complexity index is 919. The van der Waals surface area contributed by atoms with Gasteiger partial charge in [0.25, 0.3) is 5.56 Å². The fourth-order valence-electron chi connectivity index (χ4n) is 4.24. The van der Waals surface area contributed by atoms with E-state index in [4.69, 9.17) is 0 Å². The molecule has 1 unspecified atom stereocenters. The first kappa shape index (κ1) is 21.6. The maximum atomic E-state index is 12.3. The number of hydrogen-bond donors (Lipinski definition) is 1. The fourth-order valence-corrected chi connectivity index (χ4v) is 4.24. The summed E-state index contributed by atoms with van der Waals surface area (Å²) in [6.45, 7) is 4.07. The molecule has 2 heterocycles. The lowest BCUT2D eigenvalue weighted by molar-refractivity contribution is 0.369. The Hall–Kier alpha value is -2.10. The van der Waals surface area contributed by atoms with Gasteiger partial charge in [-0.3, -0.25) is 9.79 Å². The number of rotatable bonds is 3. The Labute approximate surface area is 188 Å². The average Bonchev–Trinajstić information content (AvgIpc) is 3.14. The quantitative estimate of drug-likeness (QED) is 0.390. The molecule has 0 radical (unpaired) electrons. The van der Waals surface area contributed by atoms with Gasteiger partial charge < -0.3 is 19.7 Å². The third-order valence-corrected chi connectivity index (χ3v) is 5.85. The molecule has 0 amide bonds. The van der Waals surface area contributed by atoms with Crippen molar-refractivity contribution in [1.29, 1.82) is 0 Å². The van der Waals surface area contributed by atoms with Gasteiger partial charge in [0.1, 0.15) is 0 Å². The van der Waals surface area contributed by atoms with Gasteiger partial charge >= 0.3 is 0 Å². The smallest absolute Gasteiger partial charge is 0.293 e. The molecule has 1 aromatic heterocycles. The highest BCUT2D eigenvalue weighted by Crippen LogP contribution is 2.32. The summed E-state index contributed by atoms with van der Waals surface area (Å²) in [5.41, 5.74) is 2.91. The van der Waals surface area contributed by atoms with Crippen LogP contribution in [0.2, 0.25) is 0 Å². The highest BCUT2D eigenvalue weighted by Gasteiger charge is 2.25. The van der Waals surface area contributed by atoms with Crippen molar-refractivity contribution in [1.82, 2.24) is 19.8 Å². The Kier molecular flexibility index (Phi) is 7.15. The van der Waals surface area contributed by atoms with Crippen molar-refractivity contribution in [2.75, 3.05) is 44.7 Å². The van der Waals surface area contributed by atoms with Gasteiger partial charge in [-0.2, -0.15) is 0 Å². The van der Waals surface area contributed by atoms with Crippen molar-refractivity contribution >= 4 is 35.8 Å². The first-order chi connectivity index (χ1) is 13.7. The molecule has 0 bridgehead atoms. The molecular formula is C21H29IN6O. The third-order valence-electron chi connectivity index (χ3n) is 5.85. The Balaban J connectivity index is 0.00000240. The van der Waals surface area contributed by atoms with E-state index >= 15 is 0 Å². The fraction of sp³-hybridized carbons (Fsp3) is 0.476. The van der Waals surface area contributed by atoms with Crippen LogP contribution in [0.3, 0.4) is 0 Å². The largest absolute Gasteiger partial charge is 0.356 e. The molecule has 4 rings (SSSR count). The van der Waals surface area contributed by atoms with Gasteiger partial charge in [-0.1, -0.05) is 24.3 Å². The highest BCUT2D eigenvalue weighted by atomic mass is 127. The third kappa shape index (κ3) is 4.57. The van der Waals surface area contributed by atoms with Crippen LogP contribution in [0.1, 0.15) is 23.5 Å². The van der Waals surface area contributed by atoms with Gasteiger partial charge in [0.2, 0.25) is 0 Å². The van der Waals surface area contributed by atoms with Gasteiger partial charge in [0.05, 0.1) is 0 Å². The molecule has 7 nitrogen and oxygen atoms in total. The molecule has 1 fully saturated rings. The standard InChI is InChI=1S/C21H28N6O.HI/c1-22-21(24-15-17-8-7-16-5-3-4-6-18(16)17)27-13-11-26(12-14-27)19-20(28)25(2)10-9-23-19;/h3-6,9-10,17H,7-8,11-15H2,1-2H3,(H,22,24);1H. The first-order valence-electron chi connectivity index (χ1n) is 9.97. The van der Waals surface area contributed by atoms with E-state index in [0.717, 1.165) is 38.7 Å². The molecule has 1 saturated heterocycles. The van der Waals surface area contributed by atoms with E-state index in [2.05, 4.69) is 49.4 Å². The second-order valence-electron chi connectivity index (χ2n) is 7.50. The number of halogens is 1. The zero-order chi connectivity index (χ0) is 19.5. The average molecular weight is 508 g/mol. The molecule has 1 atom stereocenters. The number of fused-ring (bicyclic) bond motifs is 1. The second-order valence-corrected chi connectivity index (χ2v) is 7.50. The normalized spacial score (nSPS) is 19.0. The van der Waals surface area contributed by atoms with E-state index < -0.39 is 0 Å². The number of hydrogen-bond acceptors (Lipinski definition) is 4. The van der Waals surface area contributed by atoms with Crippen molar-refractivity contribution in [3.8, 4) is 0 Å². The lowest BCUT2D eigenvalue weighted by Gasteiger charge is -2.37. The molecule has 1 aliphatic carbocycles. The van der Waals surface area contributed by atoms with Crippen LogP contribution in [0, 0.1) is 0 Å². The zero-order valence-corrected chi connectivity index (χ0v) is 19.4. The van der Waals surface area contributed by atoms with Crippen LogP contribution in [0.5, 0.6) is 0 Å². The zero-order valence-electron chi connectivity index (χ0n) is 17.0. The van der Waals surface area contributed by atoms with E-state index in [-0.39, 0.29) is 29.5 Å². The number of aryl methyl sites for hydroxylation is 2. The van der Waals surface area contributed by atoms with Crippen molar-refractivity contribution < 1.29 is 0 Å². The van der Waals surface area contributed by atoms with Crippen LogP contribution in [0.4, 0.5) is 5.82 Å². The number of benzene rings is 1. The summed E-state index contributed by atoms with van der Waals surface area (Å²) in [5, 5.41) is 3.57. The molecule has 0 spiro atoms. The number of piperazine rings is 1. The lowest BCUT2D eigenvalue weighted by Crippen LogP contribution is -2.54. The number of anilines is 1. The molecule has 2 aromatic rings. The number of nitrogens with one attached hydrogen (secondary N) is 1. The van der Waals surface area contributed by atoms with Crippen LogP contribution in [0.25, 0.3) is 0 Å². The Morgan fingerprint density at radius 1 is 1.24 bits per heavy atom. The SMILES string of the molecule is CN=C(NCC1CCc2ccccc21)N1CCN(c2nccn(C)c2=O)CC1.I. The van der Waals surface area contributed by atoms with Gasteiger partial charge in [-0.25, -0.2) is 4.98 Å². The molecule has 8 heteroatoms. The molecule has 2 aliphatic rings. The van der Waals surface area contributed by atoms with Crippen molar-refractivity contribution in [2.24, 2.45) is 12.0 Å². The lowest BCUT2D eigenvalue weighted by atomic mass is 10.0. The van der Waals surface area contributed by atoms with Crippen LogP contribution in [-0.2, 0) is 13.5 Å². The van der Waals surface area contributed by atoms with E-state index in [1.54, 1.807) is 24.0 Å². The Morgan fingerprint density at radius 3 is 2.76 bits per heavy atom. The second kappa shape index (κ2) is 9.60. The molecule has 0 saturated carbocycles. The molecular weight excluding hydrogens is 479 g/mol. The van der Waals surface area contributed by atoms with Crippen LogP contribution in [0.15, 0.2) is 46.4 Å². The van der Waals surface area contributed by atoms with E-state index in [1.807, 2.05) is 7.05 Å². The summed E-state index contributed by atoms with van der Waals surface area (Å²) >= 11 is 0. The van der Waals surface area contributed by atoms with Crippen LogP contribution in [-0.4, -0.2) is 60.2 Å². The maximum Gasteiger partial charge on any atom is 0.293 e. The molecule has 1 N–H and O–H groups in total. The highest BCUT2D eigenvalue weighted by molar-refractivity contribution is 14.0. The number of guanidine groups is 1. The number of aromatic nitrogens is 2. The minimum Gasteiger partial charge on any atom is -0.356 e. The summed E-state index contributed by atoms with van der Waals surface area (Å²) in [6, 6.07) is 8.75. The van der Waals surface area contributed by atoms with E-state index in [1.165, 1.54) is 24.0 Å². The van der Waals surface area contributed by atoms with Crippen molar-refractivity contribution in [3.05, 3.63) is 58.1 Å². The summed E-state index contributed by atoms with van der Waals surface area (Å²) in [7, 11) is 3.60. The van der Waals surface area contributed by atoms with Crippen molar-refractivity contribution in [3.63, 3.8) is 0 Å². The van der Waals surface area contributed by atoms with Gasteiger partial charge in [0, 0.05) is 65.1 Å². The van der Waals surface area contributed by atoms with E-state index in [0.29, 0.717) is 11.7 Å². The Morgan fingerprint density at radius 2 is 2.00 bits per heavy atom. The summed E-state index contributed by atoms with van der Waals surface area (Å²) < 4.78 is 1.58. The topological polar surface area (TPSA) is 65.8 Å². The maximum absolute atomic E-state index is 12.3. The summed E-state index contributed by atoms with van der Waals surface area (Å²) in [5.74, 6) is 2.03. The predicted octanol–water partition coefficient (Wildman–Crippen LogP) is 1.83. The minimum absolute atomic E-state index is 0. The molecule has 1 aliphatic heterocycles. The van der Waals surface area contributed by atoms with E-state index in [9.17, 15) is 4.79 Å². The van der Waals surface area contributed by atoms with Crippen molar-refractivity contribution in [2.45, 2.75) is 18.8 Å². The molecule has 29 heavy (non-hydrogen) atoms. The van der Waals surface area contributed by atoms with Crippen LogP contribution >= 0.6 is 24.0 Å². The van der Waals surface area contributed by atoms with Gasteiger partial charge in [0.15, 0.2) is 11.8 Å². The van der Waals surface area contributed by atoms with Gasteiger partial charge in [-0.15, -0.1) is 24.0 Å². The van der Waals surface area contributed by atoms with Gasteiger partial charge in [-0.05, 0) is 24.0 Å². The summed E-state index contributed by atoms with van der Waals surface area (Å²) in [4.78, 5) is 25.4. The molecule has 156 valence electrons. The minimum atomic E-state index is -0.0432. The first-order valence-corrected chi connectivity index (χ1v) is 9.97.